The van der Waals surface area contributed by atoms with Crippen molar-refractivity contribution >= 4 is 23.4 Å². The lowest BCUT2D eigenvalue weighted by Gasteiger charge is -2.39. The lowest BCUT2D eigenvalue weighted by atomic mass is 9.91. The van der Waals surface area contributed by atoms with Crippen LogP contribution in [-0.4, -0.2) is 35.3 Å². The monoisotopic (exact) mass is 446 g/mol. The minimum atomic E-state index is -0.762. The van der Waals surface area contributed by atoms with Crippen LogP contribution in [-0.2, 0) is 16.0 Å². The fourth-order valence-corrected chi connectivity index (χ4v) is 3.91. The van der Waals surface area contributed by atoms with Crippen molar-refractivity contribution in [2.75, 3.05) is 11.4 Å². The van der Waals surface area contributed by atoms with Crippen LogP contribution in [0.5, 0.6) is 0 Å². The summed E-state index contributed by atoms with van der Waals surface area (Å²) in [5, 5.41) is 2.78. The number of carbonyl (C=O) groups is 3. The van der Waals surface area contributed by atoms with Crippen molar-refractivity contribution < 1.29 is 18.8 Å². The summed E-state index contributed by atoms with van der Waals surface area (Å²) in [6.45, 7) is 0.270. The van der Waals surface area contributed by atoms with Crippen LogP contribution >= 0.6 is 0 Å². The molecule has 0 bridgehead atoms. The fourth-order valence-electron chi connectivity index (χ4n) is 3.91. The quantitative estimate of drug-likeness (QED) is 0.519. The normalized spacial score (nSPS) is 16.1. The average Bonchev–Trinajstić information content (AvgIpc) is 2.83. The predicted molar refractivity (Wildman–Crippen MR) is 121 cm³/mol. The van der Waals surface area contributed by atoms with Crippen LogP contribution < -0.4 is 16.0 Å². The Morgan fingerprint density at radius 2 is 1.82 bits per heavy atom. The van der Waals surface area contributed by atoms with Gasteiger partial charge in [-0.15, -0.1) is 0 Å². The van der Waals surface area contributed by atoms with Crippen molar-refractivity contribution in [3.8, 4) is 0 Å². The van der Waals surface area contributed by atoms with Crippen molar-refractivity contribution in [2.45, 2.75) is 24.8 Å². The van der Waals surface area contributed by atoms with Gasteiger partial charge in [-0.25, -0.2) is 4.39 Å². The standard InChI is InChI=1S/C25H23FN4O3/c26-17-9-11-18(12-10-17)30-15-21(25(30)33)29-24(32)20(13-8-16-5-2-1-3-6-16)22-19(23(27)31)7-4-14-28-22/h1-7,9-12,14,20-21H,8,13,15H2,(H2,27,31)(H,29,32). The molecule has 3 aromatic rings. The van der Waals surface area contributed by atoms with Gasteiger partial charge >= 0.3 is 0 Å². The lowest BCUT2D eigenvalue weighted by molar-refractivity contribution is -0.131. The highest BCUT2D eigenvalue weighted by molar-refractivity contribution is 6.06. The average molecular weight is 446 g/mol. The maximum atomic E-state index is 13.3. The highest BCUT2D eigenvalue weighted by atomic mass is 19.1. The van der Waals surface area contributed by atoms with Crippen LogP contribution in [0.2, 0.25) is 0 Å². The number of aryl methyl sites for hydroxylation is 1. The maximum absolute atomic E-state index is 13.3. The molecule has 0 saturated carbocycles. The molecule has 8 heteroatoms. The Morgan fingerprint density at radius 1 is 1.09 bits per heavy atom. The first kappa shape index (κ1) is 22.1. The van der Waals surface area contributed by atoms with Crippen molar-refractivity contribution in [1.29, 1.82) is 0 Å². The Morgan fingerprint density at radius 3 is 2.48 bits per heavy atom. The molecule has 4 rings (SSSR count). The van der Waals surface area contributed by atoms with Gasteiger partial charge in [-0.1, -0.05) is 30.3 Å². The van der Waals surface area contributed by atoms with E-state index in [1.165, 1.54) is 41.4 Å². The number of pyridine rings is 1. The van der Waals surface area contributed by atoms with Gasteiger partial charge in [-0.2, -0.15) is 0 Å². The van der Waals surface area contributed by atoms with E-state index in [0.717, 1.165) is 5.56 Å². The maximum Gasteiger partial charge on any atom is 0.251 e. The molecule has 1 saturated heterocycles. The number of benzene rings is 2. The predicted octanol–water partition coefficient (Wildman–Crippen LogP) is 2.57. The molecule has 2 heterocycles. The van der Waals surface area contributed by atoms with Gasteiger partial charge in [0.15, 0.2) is 0 Å². The lowest BCUT2D eigenvalue weighted by Crippen LogP contribution is -2.64. The summed E-state index contributed by atoms with van der Waals surface area (Å²) in [6, 6.07) is 17.7. The molecule has 1 aromatic heterocycles. The fraction of sp³-hybridized carbons (Fsp3) is 0.200. The Labute approximate surface area is 190 Å². The van der Waals surface area contributed by atoms with Gasteiger partial charge in [-0.3, -0.25) is 19.4 Å². The second kappa shape index (κ2) is 9.60. The van der Waals surface area contributed by atoms with Gasteiger partial charge in [0.25, 0.3) is 11.8 Å². The van der Waals surface area contributed by atoms with Crippen molar-refractivity contribution in [3.05, 3.63) is 95.6 Å². The third-order valence-corrected chi connectivity index (χ3v) is 5.70. The number of anilines is 1. The molecule has 3 N–H and O–H groups in total. The number of aromatic nitrogens is 1. The third-order valence-electron chi connectivity index (χ3n) is 5.70. The van der Waals surface area contributed by atoms with Crippen LogP contribution in [0, 0.1) is 5.82 Å². The van der Waals surface area contributed by atoms with Crippen molar-refractivity contribution in [1.82, 2.24) is 10.3 Å². The number of rotatable bonds is 8. The van der Waals surface area contributed by atoms with Crippen LogP contribution in [0.25, 0.3) is 0 Å². The molecule has 3 amide bonds. The zero-order valence-corrected chi connectivity index (χ0v) is 17.8. The summed E-state index contributed by atoms with van der Waals surface area (Å²) in [4.78, 5) is 43.6. The first-order chi connectivity index (χ1) is 15.9. The smallest absolute Gasteiger partial charge is 0.251 e. The second-order valence-electron chi connectivity index (χ2n) is 7.86. The number of halogens is 1. The number of nitrogens with one attached hydrogen (secondary N) is 1. The molecule has 7 nitrogen and oxygen atoms in total. The summed E-state index contributed by atoms with van der Waals surface area (Å²) in [6.07, 6.45) is 2.47. The number of carbonyl (C=O) groups excluding carboxylic acids is 3. The summed E-state index contributed by atoms with van der Waals surface area (Å²) in [5.41, 5.74) is 7.59. The molecule has 2 aromatic carbocycles. The largest absolute Gasteiger partial charge is 0.366 e. The molecule has 1 fully saturated rings. The van der Waals surface area contributed by atoms with E-state index in [2.05, 4.69) is 10.3 Å². The zero-order chi connectivity index (χ0) is 23.4. The Kier molecular flexibility index (Phi) is 6.44. The third kappa shape index (κ3) is 4.90. The van der Waals surface area contributed by atoms with Crippen molar-refractivity contribution in [2.24, 2.45) is 5.73 Å². The number of nitrogens with zero attached hydrogens (tertiary/aromatic N) is 2. The van der Waals surface area contributed by atoms with Crippen molar-refractivity contribution in [3.63, 3.8) is 0 Å². The number of hydrogen-bond donors (Lipinski definition) is 2. The number of hydrogen-bond acceptors (Lipinski definition) is 4. The molecule has 1 aliphatic heterocycles. The van der Waals surface area contributed by atoms with Crippen LogP contribution in [0.15, 0.2) is 72.9 Å². The number of primary amides is 1. The van der Waals surface area contributed by atoms with E-state index in [0.29, 0.717) is 24.2 Å². The number of β-lactam (4-membered cyclic amide) rings is 1. The van der Waals surface area contributed by atoms with E-state index in [1.54, 1.807) is 6.07 Å². The van der Waals surface area contributed by atoms with Crippen LogP contribution in [0.3, 0.4) is 0 Å². The second-order valence-corrected chi connectivity index (χ2v) is 7.86. The first-order valence-electron chi connectivity index (χ1n) is 10.6. The molecule has 0 radical (unpaired) electrons. The molecular weight excluding hydrogens is 423 g/mol. The molecule has 1 aliphatic rings. The van der Waals surface area contributed by atoms with Gasteiger partial charge in [-0.05, 0) is 54.8 Å². The highest BCUT2D eigenvalue weighted by Gasteiger charge is 2.40. The molecular formula is C25H23FN4O3. The van der Waals surface area contributed by atoms with E-state index in [1.807, 2.05) is 30.3 Å². The topological polar surface area (TPSA) is 105 Å². The highest BCUT2D eigenvalue weighted by Crippen LogP contribution is 2.26. The Bertz CT molecular complexity index is 1170. The van der Waals surface area contributed by atoms with Crippen LogP contribution in [0.4, 0.5) is 10.1 Å². The summed E-state index contributed by atoms with van der Waals surface area (Å²) in [7, 11) is 0. The molecule has 0 aliphatic carbocycles. The molecule has 2 atom stereocenters. The Hall–Kier alpha value is -4.07. The number of amides is 3. The SMILES string of the molecule is NC(=O)c1cccnc1C(CCc1ccccc1)C(=O)NC1CN(c2ccc(F)cc2)C1=O. The van der Waals surface area contributed by atoms with Gasteiger partial charge < -0.3 is 16.0 Å². The van der Waals surface area contributed by atoms with Gasteiger partial charge in [0.05, 0.1) is 23.7 Å². The summed E-state index contributed by atoms with van der Waals surface area (Å²) < 4.78 is 13.2. The van der Waals surface area contributed by atoms with Gasteiger partial charge in [0.1, 0.15) is 11.9 Å². The zero-order valence-electron chi connectivity index (χ0n) is 17.8. The number of nitrogens with two attached hydrogens (primary N) is 1. The van der Waals surface area contributed by atoms with E-state index < -0.39 is 29.6 Å². The molecule has 0 spiro atoms. The first-order valence-corrected chi connectivity index (χ1v) is 10.6. The molecule has 168 valence electrons. The van der Waals surface area contributed by atoms with Gasteiger partial charge in [0, 0.05) is 11.9 Å². The molecule has 2 unspecified atom stereocenters. The van der Waals surface area contributed by atoms with E-state index in [4.69, 9.17) is 5.73 Å². The van der Waals surface area contributed by atoms with E-state index in [-0.39, 0.29) is 18.0 Å². The molecule has 33 heavy (non-hydrogen) atoms. The van der Waals surface area contributed by atoms with E-state index in [9.17, 15) is 18.8 Å². The summed E-state index contributed by atoms with van der Waals surface area (Å²) in [5.74, 6) is -2.50. The van der Waals surface area contributed by atoms with Gasteiger partial charge in [0.2, 0.25) is 5.91 Å². The minimum absolute atomic E-state index is 0.179. The van der Waals surface area contributed by atoms with E-state index >= 15 is 0 Å². The minimum Gasteiger partial charge on any atom is -0.366 e. The Balaban J connectivity index is 1.50. The summed E-state index contributed by atoms with van der Waals surface area (Å²) >= 11 is 0. The van der Waals surface area contributed by atoms with Crippen LogP contribution in [0.1, 0.15) is 34.0 Å².